The van der Waals surface area contributed by atoms with E-state index in [0.717, 1.165) is 12.8 Å². The van der Waals surface area contributed by atoms with E-state index in [-0.39, 0.29) is 5.97 Å². The van der Waals surface area contributed by atoms with Crippen LogP contribution in [0.15, 0.2) is 36.5 Å². The fraction of sp³-hybridized carbons (Fsp3) is 0.696. The Morgan fingerprint density at radius 2 is 1.16 bits per heavy atom. The molecule has 0 rings (SSSR count). The lowest BCUT2D eigenvalue weighted by atomic mass is 10.1. The van der Waals surface area contributed by atoms with Crippen molar-refractivity contribution in [2.75, 3.05) is 7.11 Å². The van der Waals surface area contributed by atoms with Crippen LogP contribution in [0.3, 0.4) is 0 Å². The normalized spacial score (nSPS) is 11.9. The maximum atomic E-state index is 10.9. The van der Waals surface area contributed by atoms with E-state index in [1.807, 2.05) is 12.2 Å². The molecule has 2 nitrogen and oxygen atoms in total. The molecule has 144 valence electrons. The number of esters is 1. The standard InChI is InChI=1S/C23H40O2/c1-3-4-5-6-7-8-9-10-11-12-13-14-15-16-17-18-19-20-21-22-23(24)25-2/h8-9,17-20H,3-7,10-16,21-22H2,1-2H3/b9-8+,18-17+,20-19+. The number of allylic oxidation sites excluding steroid dienone is 6. The molecule has 0 amide bonds. The van der Waals surface area contributed by atoms with Crippen LogP contribution in [0.1, 0.15) is 96.8 Å². The van der Waals surface area contributed by atoms with Crippen molar-refractivity contribution in [1.82, 2.24) is 0 Å². The van der Waals surface area contributed by atoms with Crippen molar-refractivity contribution >= 4 is 5.97 Å². The van der Waals surface area contributed by atoms with Gasteiger partial charge in [-0.3, -0.25) is 4.79 Å². The van der Waals surface area contributed by atoms with Gasteiger partial charge in [0.25, 0.3) is 0 Å². The average Bonchev–Trinajstić information content (AvgIpc) is 2.63. The molecule has 2 heteroatoms. The van der Waals surface area contributed by atoms with Crippen LogP contribution in [0.25, 0.3) is 0 Å². The molecule has 0 aliphatic carbocycles. The Bertz CT molecular complexity index is 366. The van der Waals surface area contributed by atoms with Crippen molar-refractivity contribution in [3.63, 3.8) is 0 Å². The lowest BCUT2D eigenvalue weighted by molar-refractivity contribution is -0.140. The van der Waals surface area contributed by atoms with Gasteiger partial charge in [-0.2, -0.15) is 0 Å². The Labute approximate surface area is 156 Å². The summed E-state index contributed by atoms with van der Waals surface area (Å²) in [6, 6.07) is 0. The molecule has 0 N–H and O–H groups in total. The van der Waals surface area contributed by atoms with Crippen molar-refractivity contribution in [3.8, 4) is 0 Å². The largest absolute Gasteiger partial charge is 0.469 e. The number of hydrogen-bond acceptors (Lipinski definition) is 2. The van der Waals surface area contributed by atoms with Crippen molar-refractivity contribution in [2.45, 2.75) is 96.8 Å². The minimum Gasteiger partial charge on any atom is -0.469 e. The van der Waals surface area contributed by atoms with Gasteiger partial charge in [0.15, 0.2) is 0 Å². The Kier molecular flexibility index (Phi) is 19.6. The minimum absolute atomic E-state index is 0.143. The zero-order chi connectivity index (χ0) is 18.4. The summed E-state index contributed by atoms with van der Waals surface area (Å²) >= 11 is 0. The van der Waals surface area contributed by atoms with E-state index >= 15 is 0 Å². The highest BCUT2D eigenvalue weighted by Gasteiger charge is 1.94. The predicted octanol–water partition coefficient (Wildman–Crippen LogP) is 7.31. The third-order valence-corrected chi connectivity index (χ3v) is 4.26. The van der Waals surface area contributed by atoms with E-state index in [9.17, 15) is 4.79 Å². The van der Waals surface area contributed by atoms with Gasteiger partial charge in [0.05, 0.1) is 7.11 Å². The van der Waals surface area contributed by atoms with Crippen LogP contribution >= 0.6 is 0 Å². The van der Waals surface area contributed by atoms with Gasteiger partial charge in [-0.25, -0.2) is 0 Å². The van der Waals surface area contributed by atoms with Crippen LogP contribution in [-0.4, -0.2) is 13.1 Å². The first-order valence-electron chi connectivity index (χ1n) is 10.3. The highest BCUT2D eigenvalue weighted by atomic mass is 16.5. The molecule has 0 bridgehead atoms. The highest BCUT2D eigenvalue weighted by molar-refractivity contribution is 5.69. The summed E-state index contributed by atoms with van der Waals surface area (Å²) in [6.07, 6.45) is 30.1. The van der Waals surface area contributed by atoms with Crippen molar-refractivity contribution in [1.29, 1.82) is 0 Å². The van der Waals surface area contributed by atoms with Gasteiger partial charge < -0.3 is 4.74 Å². The average molecular weight is 349 g/mol. The van der Waals surface area contributed by atoms with Crippen LogP contribution in [0, 0.1) is 0 Å². The van der Waals surface area contributed by atoms with Crippen molar-refractivity contribution < 1.29 is 9.53 Å². The molecule has 0 aromatic heterocycles. The fourth-order valence-corrected chi connectivity index (χ4v) is 2.63. The predicted molar refractivity (Wildman–Crippen MR) is 110 cm³/mol. The molecule has 0 saturated carbocycles. The first-order chi connectivity index (χ1) is 12.3. The van der Waals surface area contributed by atoms with Gasteiger partial charge in [-0.05, 0) is 44.9 Å². The number of carbonyl (C=O) groups excluding carboxylic acids is 1. The fourth-order valence-electron chi connectivity index (χ4n) is 2.63. The van der Waals surface area contributed by atoms with Gasteiger partial charge in [0.1, 0.15) is 0 Å². The summed E-state index contributed by atoms with van der Waals surface area (Å²) in [4.78, 5) is 10.9. The Hall–Kier alpha value is -1.31. The molecule has 0 aromatic rings. The number of carbonyl (C=O) groups is 1. The zero-order valence-electron chi connectivity index (χ0n) is 16.7. The SMILES string of the molecule is CCCCCC/C=C/CCCCCCC/C=C/C=C/CCC(=O)OC. The van der Waals surface area contributed by atoms with E-state index < -0.39 is 0 Å². The molecular formula is C23H40O2. The molecule has 0 unspecified atom stereocenters. The van der Waals surface area contributed by atoms with Gasteiger partial charge in [-0.15, -0.1) is 0 Å². The molecule has 0 spiro atoms. The van der Waals surface area contributed by atoms with E-state index in [2.05, 4.69) is 36.0 Å². The molecule has 25 heavy (non-hydrogen) atoms. The monoisotopic (exact) mass is 348 g/mol. The number of ether oxygens (including phenoxy) is 1. The molecule has 0 aromatic carbocycles. The van der Waals surface area contributed by atoms with Gasteiger partial charge in [-0.1, -0.05) is 81.9 Å². The van der Waals surface area contributed by atoms with Crippen LogP contribution in [0.4, 0.5) is 0 Å². The summed E-state index contributed by atoms with van der Waals surface area (Å²) in [7, 11) is 1.43. The third kappa shape index (κ3) is 20.6. The van der Waals surface area contributed by atoms with Crippen LogP contribution in [0.2, 0.25) is 0 Å². The van der Waals surface area contributed by atoms with Crippen LogP contribution in [0.5, 0.6) is 0 Å². The number of rotatable bonds is 17. The molecule has 0 aliphatic heterocycles. The molecule has 0 aliphatic rings. The van der Waals surface area contributed by atoms with Crippen molar-refractivity contribution in [2.24, 2.45) is 0 Å². The van der Waals surface area contributed by atoms with E-state index in [0.29, 0.717) is 6.42 Å². The van der Waals surface area contributed by atoms with Gasteiger partial charge in [0, 0.05) is 6.42 Å². The Morgan fingerprint density at radius 1 is 0.680 bits per heavy atom. The van der Waals surface area contributed by atoms with E-state index in [1.54, 1.807) is 0 Å². The second-order valence-electron chi connectivity index (χ2n) is 6.64. The second-order valence-corrected chi connectivity index (χ2v) is 6.64. The van der Waals surface area contributed by atoms with Crippen LogP contribution < -0.4 is 0 Å². The van der Waals surface area contributed by atoms with Gasteiger partial charge in [0.2, 0.25) is 0 Å². The smallest absolute Gasteiger partial charge is 0.305 e. The summed E-state index contributed by atoms with van der Waals surface area (Å²) in [6.45, 7) is 2.26. The summed E-state index contributed by atoms with van der Waals surface area (Å²) in [5, 5.41) is 0. The summed E-state index contributed by atoms with van der Waals surface area (Å²) in [5.74, 6) is -0.143. The third-order valence-electron chi connectivity index (χ3n) is 4.26. The summed E-state index contributed by atoms with van der Waals surface area (Å²) < 4.78 is 4.59. The van der Waals surface area contributed by atoms with E-state index in [1.165, 1.54) is 77.7 Å². The molecule has 0 fully saturated rings. The van der Waals surface area contributed by atoms with Crippen LogP contribution in [-0.2, 0) is 9.53 Å². The van der Waals surface area contributed by atoms with E-state index in [4.69, 9.17) is 0 Å². The maximum absolute atomic E-state index is 10.9. The first kappa shape index (κ1) is 23.7. The zero-order valence-corrected chi connectivity index (χ0v) is 16.7. The Balaban J connectivity index is 3.25. The lowest BCUT2D eigenvalue weighted by Crippen LogP contribution is -1.97. The number of hydrogen-bond donors (Lipinski definition) is 0. The molecule has 0 saturated heterocycles. The lowest BCUT2D eigenvalue weighted by Gasteiger charge is -1.98. The minimum atomic E-state index is -0.143. The van der Waals surface area contributed by atoms with Gasteiger partial charge >= 0.3 is 5.97 Å². The highest BCUT2D eigenvalue weighted by Crippen LogP contribution is 2.09. The second kappa shape index (κ2) is 20.7. The molecular weight excluding hydrogens is 308 g/mol. The number of unbranched alkanes of at least 4 members (excludes halogenated alkanes) is 10. The number of methoxy groups -OCH3 is 1. The first-order valence-corrected chi connectivity index (χ1v) is 10.3. The summed E-state index contributed by atoms with van der Waals surface area (Å²) in [5.41, 5.74) is 0. The topological polar surface area (TPSA) is 26.3 Å². The quantitative estimate of drug-likeness (QED) is 0.119. The maximum Gasteiger partial charge on any atom is 0.305 e. The van der Waals surface area contributed by atoms with Crippen molar-refractivity contribution in [3.05, 3.63) is 36.5 Å². The molecule has 0 radical (unpaired) electrons. The molecule has 0 heterocycles. The Morgan fingerprint density at radius 3 is 1.72 bits per heavy atom. The molecule has 0 atom stereocenters.